The van der Waals surface area contributed by atoms with Gasteiger partial charge in [0.15, 0.2) is 0 Å². The van der Waals surface area contributed by atoms with E-state index in [0.717, 1.165) is 0 Å². The molecular formula is C28H25ClF2N4O6. The van der Waals surface area contributed by atoms with Gasteiger partial charge in [-0.05, 0) is 47.5 Å². The number of carboxylic acids is 1. The Hall–Kier alpha value is -4.55. The molecular weight excluding hydrogens is 562 g/mol. The molecule has 10 nitrogen and oxygen atoms in total. The molecule has 13 heteroatoms. The van der Waals surface area contributed by atoms with E-state index < -0.39 is 30.0 Å². The van der Waals surface area contributed by atoms with Crippen molar-refractivity contribution in [3.05, 3.63) is 88.1 Å². The molecule has 0 radical (unpaired) electrons. The number of benzene rings is 2. The lowest BCUT2D eigenvalue weighted by atomic mass is 9.96. The minimum Gasteiger partial charge on any atom is -0.495 e. The lowest BCUT2D eigenvalue weighted by Gasteiger charge is -2.21. The van der Waals surface area contributed by atoms with Gasteiger partial charge in [0.2, 0.25) is 5.91 Å². The van der Waals surface area contributed by atoms with E-state index in [9.17, 15) is 23.2 Å². The SMILES string of the molecule is COCC[C@@H](C(=O)Nc1ccc(C(=O)O)cc1)n1cc(OC)c(-c2cc(Cl)ccc2-c2cnn(C(F)F)c2)cc1=O. The van der Waals surface area contributed by atoms with Crippen molar-refractivity contribution in [1.82, 2.24) is 14.3 Å². The van der Waals surface area contributed by atoms with Crippen LogP contribution in [-0.2, 0) is 9.53 Å². The minimum atomic E-state index is -2.83. The zero-order valence-electron chi connectivity index (χ0n) is 21.9. The molecule has 2 N–H and O–H groups in total. The summed E-state index contributed by atoms with van der Waals surface area (Å²) in [7, 11) is 2.85. The molecule has 0 aliphatic heterocycles. The van der Waals surface area contributed by atoms with Crippen molar-refractivity contribution in [3.63, 3.8) is 0 Å². The number of halogens is 3. The molecule has 0 spiro atoms. The summed E-state index contributed by atoms with van der Waals surface area (Å²) in [5.41, 5.74) is 1.46. The van der Waals surface area contributed by atoms with Crippen molar-refractivity contribution in [2.75, 3.05) is 26.1 Å². The first-order chi connectivity index (χ1) is 19.6. The van der Waals surface area contributed by atoms with Crippen molar-refractivity contribution in [1.29, 1.82) is 0 Å². The molecule has 0 aliphatic carbocycles. The van der Waals surface area contributed by atoms with Crippen LogP contribution in [0.15, 0.2) is 71.9 Å². The maximum Gasteiger partial charge on any atom is 0.335 e. The maximum atomic E-state index is 13.5. The number of carbonyl (C=O) groups excluding carboxylic acids is 1. The van der Waals surface area contributed by atoms with Gasteiger partial charge in [-0.3, -0.25) is 14.2 Å². The van der Waals surface area contributed by atoms with Gasteiger partial charge < -0.3 is 19.9 Å². The number of nitrogens with zero attached hydrogens (tertiary/aromatic N) is 3. The Balaban J connectivity index is 1.75. The molecule has 1 amide bonds. The third kappa shape index (κ3) is 6.61. The Morgan fingerprint density at radius 3 is 2.39 bits per heavy atom. The molecule has 0 bridgehead atoms. The highest BCUT2D eigenvalue weighted by Crippen LogP contribution is 2.38. The molecule has 1 atom stereocenters. The number of anilines is 1. The third-order valence-electron chi connectivity index (χ3n) is 6.28. The number of aromatic carboxylic acids is 1. The maximum absolute atomic E-state index is 13.5. The number of aromatic nitrogens is 3. The second kappa shape index (κ2) is 12.7. The summed E-state index contributed by atoms with van der Waals surface area (Å²) in [5.74, 6) is -1.43. The van der Waals surface area contributed by atoms with Gasteiger partial charge in [0, 0.05) is 54.2 Å². The molecule has 0 saturated carbocycles. The fourth-order valence-electron chi connectivity index (χ4n) is 4.27. The average molecular weight is 587 g/mol. The van der Waals surface area contributed by atoms with E-state index in [1.807, 2.05) is 0 Å². The van der Waals surface area contributed by atoms with Crippen molar-refractivity contribution in [2.45, 2.75) is 19.0 Å². The predicted octanol–water partition coefficient (Wildman–Crippen LogP) is 5.35. The lowest BCUT2D eigenvalue weighted by molar-refractivity contribution is -0.119. The number of carboxylic acid groups (broad SMARTS) is 1. The van der Waals surface area contributed by atoms with Crippen LogP contribution in [0.1, 0.15) is 29.4 Å². The summed E-state index contributed by atoms with van der Waals surface area (Å²) >= 11 is 6.27. The molecule has 2 aromatic heterocycles. The predicted molar refractivity (Wildman–Crippen MR) is 148 cm³/mol. The number of alkyl halides is 2. The van der Waals surface area contributed by atoms with E-state index in [1.54, 1.807) is 18.2 Å². The van der Waals surface area contributed by atoms with E-state index in [0.29, 0.717) is 37.6 Å². The molecule has 4 aromatic rings. The Labute approximate surface area is 237 Å². The van der Waals surface area contributed by atoms with Crippen LogP contribution in [0.3, 0.4) is 0 Å². The van der Waals surface area contributed by atoms with Gasteiger partial charge >= 0.3 is 12.5 Å². The molecule has 2 heterocycles. The molecule has 214 valence electrons. The highest BCUT2D eigenvalue weighted by molar-refractivity contribution is 6.31. The van der Waals surface area contributed by atoms with Gasteiger partial charge in [-0.15, -0.1) is 0 Å². The van der Waals surface area contributed by atoms with Crippen LogP contribution in [0.4, 0.5) is 14.5 Å². The summed E-state index contributed by atoms with van der Waals surface area (Å²) in [5, 5.41) is 15.8. The van der Waals surface area contributed by atoms with Crippen molar-refractivity contribution in [3.8, 4) is 28.0 Å². The van der Waals surface area contributed by atoms with Crippen molar-refractivity contribution in [2.24, 2.45) is 0 Å². The number of amides is 1. The molecule has 4 rings (SSSR count). The van der Waals surface area contributed by atoms with Gasteiger partial charge in [0.1, 0.15) is 11.8 Å². The number of hydrogen-bond acceptors (Lipinski definition) is 6. The zero-order valence-corrected chi connectivity index (χ0v) is 22.6. The van der Waals surface area contributed by atoms with E-state index >= 15 is 0 Å². The highest BCUT2D eigenvalue weighted by atomic mass is 35.5. The lowest BCUT2D eigenvalue weighted by Crippen LogP contribution is -2.34. The number of pyridine rings is 1. The van der Waals surface area contributed by atoms with E-state index in [2.05, 4.69) is 10.4 Å². The van der Waals surface area contributed by atoms with Crippen LogP contribution in [0.25, 0.3) is 22.3 Å². The number of nitrogens with one attached hydrogen (secondary N) is 1. The Bertz CT molecular complexity index is 1620. The number of carbonyl (C=O) groups is 2. The van der Waals surface area contributed by atoms with Crippen molar-refractivity contribution < 1.29 is 33.0 Å². The van der Waals surface area contributed by atoms with Gasteiger partial charge in [0.05, 0.1) is 25.1 Å². The Kier molecular flexibility index (Phi) is 9.15. The normalized spacial score (nSPS) is 11.9. The summed E-state index contributed by atoms with van der Waals surface area (Å²) in [4.78, 5) is 37.9. The molecule has 0 fully saturated rings. The molecule has 0 aliphatic rings. The monoisotopic (exact) mass is 586 g/mol. The first-order valence-corrected chi connectivity index (χ1v) is 12.6. The summed E-state index contributed by atoms with van der Waals surface area (Å²) in [6, 6.07) is 10.6. The smallest absolute Gasteiger partial charge is 0.335 e. The largest absolute Gasteiger partial charge is 0.495 e. The van der Waals surface area contributed by atoms with Crippen LogP contribution >= 0.6 is 11.6 Å². The summed E-state index contributed by atoms with van der Waals surface area (Å²) < 4.78 is 38.8. The first-order valence-electron chi connectivity index (χ1n) is 12.2. The highest BCUT2D eigenvalue weighted by Gasteiger charge is 2.25. The Morgan fingerprint density at radius 1 is 1.05 bits per heavy atom. The topological polar surface area (TPSA) is 125 Å². The van der Waals surface area contributed by atoms with Gasteiger partial charge in [-0.2, -0.15) is 13.9 Å². The average Bonchev–Trinajstić information content (AvgIpc) is 3.44. The second-order valence-electron chi connectivity index (χ2n) is 8.85. The van der Waals surface area contributed by atoms with Crippen LogP contribution < -0.4 is 15.6 Å². The van der Waals surface area contributed by atoms with Crippen LogP contribution in [0.5, 0.6) is 5.75 Å². The molecule has 2 aromatic carbocycles. The number of rotatable bonds is 11. The van der Waals surface area contributed by atoms with Gasteiger partial charge in [-0.25, -0.2) is 9.48 Å². The number of hydrogen-bond donors (Lipinski definition) is 2. The molecule has 41 heavy (non-hydrogen) atoms. The first kappa shape index (κ1) is 29.4. The molecule has 0 saturated heterocycles. The summed E-state index contributed by atoms with van der Waals surface area (Å²) in [6.45, 7) is -2.68. The van der Waals surface area contributed by atoms with E-state index in [4.69, 9.17) is 26.2 Å². The number of ether oxygens (including phenoxy) is 2. The van der Waals surface area contributed by atoms with Gasteiger partial charge in [-0.1, -0.05) is 17.7 Å². The van der Waals surface area contributed by atoms with Crippen molar-refractivity contribution >= 4 is 29.2 Å². The Morgan fingerprint density at radius 2 is 1.78 bits per heavy atom. The molecule has 0 unspecified atom stereocenters. The number of methoxy groups -OCH3 is 2. The van der Waals surface area contributed by atoms with E-state index in [-0.39, 0.29) is 24.3 Å². The van der Waals surface area contributed by atoms with Crippen LogP contribution in [0, 0.1) is 0 Å². The van der Waals surface area contributed by atoms with Gasteiger partial charge in [0.25, 0.3) is 5.56 Å². The standard InChI is InChI=1S/C28H25ClF2N4O6/c1-40-10-9-23(26(37)33-19-6-3-16(4-7-19)27(38)39)34-15-24(41-2)22(12-25(34)36)21-11-18(29)5-8-20(21)17-13-32-35(14-17)28(30)31/h3-8,11-15,23,28H,9-10H2,1-2H3,(H,33,37)(H,38,39)/t23-/m0/s1. The fraction of sp³-hybridized carbons (Fsp3) is 0.214. The quantitative estimate of drug-likeness (QED) is 0.243. The second-order valence-corrected chi connectivity index (χ2v) is 9.28. The van der Waals surface area contributed by atoms with Crippen LogP contribution in [0.2, 0.25) is 5.02 Å². The summed E-state index contributed by atoms with van der Waals surface area (Å²) in [6.07, 6.45) is 3.98. The van der Waals surface area contributed by atoms with Crippen LogP contribution in [-0.4, -0.2) is 52.2 Å². The van der Waals surface area contributed by atoms with E-state index in [1.165, 1.54) is 67.7 Å². The zero-order chi connectivity index (χ0) is 29.7. The fourth-order valence-corrected chi connectivity index (χ4v) is 4.44. The third-order valence-corrected chi connectivity index (χ3v) is 6.52. The minimum absolute atomic E-state index is 0.0532.